The second kappa shape index (κ2) is 6.62. The lowest BCUT2D eigenvalue weighted by molar-refractivity contribution is -0.118. The van der Waals surface area contributed by atoms with Crippen LogP contribution in [0.2, 0.25) is 0 Å². The van der Waals surface area contributed by atoms with Gasteiger partial charge in [0, 0.05) is 11.6 Å². The third kappa shape index (κ3) is 3.48. The highest BCUT2D eigenvalue weighted by molar-refractivity contribution is 5.92. The van der Waals surface area contributed by atoms with Gasteiger partial charge in [-0.1, -0.05) is 13.8 Å². The van der Waals surface area contributed by atoms with Crippen LogP contribution in [0.25, 0.3) is 10.9 Å². The first-order valence-corrected chi connectivity index (χ1v) is 7.52. The van der Waals surface area contributed by atoms with Gasteiger partial charge in [-0.15, -0.1) is 0 Å². The van der Waals surface area contributed by atoms with Crippen LogP contribution in [0.1, 0.15) is 13.8 Å². The molecular formula is C18H16FN3O2. The average molecular weight is 325 g/mol. The van der Waals surface area contributed by atoms with Gasteiger partial charge in [0.05, 0.1) is 10.9 Å². The summed E-state index contributed by atoms with van der Waals surface area (Å²) < 4.78 is 19.2. The van der Waals surface area contributed by atoms with Crippen LogP contribution in [0.5, 0.6) is 11.6 Å². The zero-order valence-electron chi connectivity index (χ0n) is 13.3. The van der Waals surface area contributed by atoms with E-state index in [1.165, 1.54) is 18.5 Å². The zero-order chi connectivity index (χ0) is 17.1. The molecule has 0 bridgehead atoms. The highest BCUT2D eigenvalue weighted by Crippen LogP contribution is 2.27. The quantitative estimate of drug-likeness (QED) is 0.782. The summed E-state index contributed by atoms with van der Waals surface area (Å²) in [6.07, 6.45) is 1.37. The third-order valence-electron chi connectivity index (χ3n) is 3.42. The van der Waals surface area contributed by atoms with E-state index < -0.39 is 0 Å². The number of rotatable bonds is 4. The van der Waals surface area contributed by atoms with Crippen LogP contribution in [0.4, 0.5) is 10.1 Å². The number of halogens is 1. The van der Waals surface area contributed by atoms with Crippen LogP contribution in [-0.2, 0) is 4.79 Å². The van der Waals surface area contributed by atoms with Crippen LogP contribution < -0.4 is 10.1 Å². The molecule has 0 atom stereocenters. The molecule has 24 heavy (non-hydrogen) atoms. The highest BCUT2D eigenvalue weighted by Gasteiger charge is 2.09. The van der Waals surface area contributed by atoms with Gasteiger partial charge in [0.2, 0.25) is 11.8 Å². The molecule has 122 valence electrons. The van der Waals surface area contributed by atoms with Crippen molar-refractivity contribution in [2.75, 3.05) is 5.32 Å². The van der Waals surface area contributed by atoms with E-state index in [1.807, 2.05) is 13.8 Å². The Hall–Kier alpha value is -3.02. The molecule has 0 radical (unpaired) electrons. The average Bonchev–Trinajstić information content (AvgIpc) is 2.57. The van der Waals surface area contributed by atoms with Crippen molar-refractivity contribution in [3.8, 4) is 11.6 Å². The van der Waals surface area contributed by atoms with Crippen molar-refractivity contribution >= 4 is 22.5 Å². The fraction of sp³-hybridized carbons (Fsp3) is 0.167. The van der Waals surface area contributed by atoms with E-state index in [9.17, 15) is 9.18 Å². The van der Waals surface area contributed by atoms with Gasteiger partial charge in [-0.2, -0.15) is 0 Å². The predicted octanol–water partition coefficient (Wildman–Crippen LogP) is 4.16. The maximum absolute atomic E-state index is 13.4. The van der Waals surface area contributed by atoms with Gasteiger partial charge in [-0.25, -0.2) is 14.4 Å². The molecule has 0 saturated carbocycles. The Morgan fingerprint density at radius 3 is 2.58 bits per heavy atom. The summed E-state index contributed by atoms with van der Waals surface area (Å²) >= 11 is 0. The minimum atomic E-state index is -0.381. The van der Waals surface area contributed by atoms with E-state index in [4.69, 9.17) is 4.74 Å². The lowest BCUT2D eigenvalue weighted by Gasteiger charge is -2.10. The van der Waals surface area contributed by atoms with Crippen molar-refractivity contribution in [3.05, 3.63) is 54.6 Å². The second-order valence-corrected chi connectivity index (χ2v) is 5.61. The predicted molar refractivity (Wildman–Crippen MR) is 89.5 cm³/mol. The summed E-state index contributed by atoms with van der Waals surface area (Å²) in [6, 6.07) is 11.1. The zero-order valence-corrected chi connectivity index (χ0v) is 13.3. The van der Waals surface area contributed by atoms with Gasteiger partial charge in [-0.05, 0) is 42.5 Å². The van der Waals surface area contributed by atoms with Crippen molar-refractivity contribution in [2.45, 2.75) is 13.8 Å². The number of hydrogen-bond acceptors (Lipinski definition) is 4. The molecule has 0 saturated heterocycles. The number of amides is 1. The monoisotopic (exact) mass is 325 g/mol. The molecule has 0 spiro atoms. The van der Waals surface area contributed by atoms with Gasteiger partial charge in [0.1, 0.15) is 17.9 Å². The van der Waals surface area contributed by atoms with Crippen LogP contribution >= 0.6 is 0 Å². The van der Waals surface area contributed by atoms with Gasteiger partial charge < -0.3 is 10.1 Å². The maximum Gasteiger partial charge on any atom is 0.230 e. The molecule has 0 fully saturated rings. The Morgan fingerprint density at radius 2 is 1.88 bits per heavy atom. The molecule has 0 aliphatic heterocycles. The van der Waals surface area contributed by atoms with Crippen molar-refractivity contribution < 1.29 is 13.9 Å². The second-order valence-electron chi connectivity index (χ2n) is 5.61. The van der Waals surface area contributed by atoms with Crippen molar-refractivity contribution in [1.82, 2.24) is 9.97 Å². The largest absolute Gasteiger partial charge is 0.438 e. The summed E-state index contributed by atoms with van der Waals surface area (Å²) in [4.78, 5) is 19.8. The highest BCUT2D eigenvalue weighted by atomic mass is 19.1. The number of nitrogens with one attached hydrogen (secondary N) is 1. The summed E-state index contributed by atoms with van der Waals surface area (Å²) in [5.41, 5.74) is 1.28. The van der Waals surface area contributed by atoms with Gasteiger partial charge in [0.15, 0.2) is 0 Å². The summed E-state index contributed by atoms with van der Waals surface area (Å²) in [7, 11) is 0. The molecule has 0 aliphatic carbocycles. The van der Waals surface area contributed by atoms with E-state index in [-0.39, 0.29) is 23.5 Å². The Bertz CT molecular complexity index is 879. The maximum atomic E-state index is 13.4. The topological polar surface area (TPSA) is 64.1 Å². The van der Waals surface area contributed by atoms with Gasteiger partial charge in [-0.3, -0.25) is 4.79 Å². The van der Waals surface area contributed by atoms with E-state index >= 15 is 0 Å². The number of anilines is 1. The van der Waals surface area contributed by atoms with Gasteiger partial charge in [0.25, 0.3) is 0 Å². The fourth-order valence-corrected chi connectivity index (χ4v) is 2.09. The van der Waals surface area contributed by atoms with E-state index in [0.717, 1.165) is 0 Å². The fourth-order valence-electron chi connectivity index (χ4n) is 2.09. The number of carbonyl (C=O) groups is 1. The first-order valence-electron chi connectivity index (χ1n) is 7.52. The summed E-state index contributed by atoms with van der Waals surface area (Å²) in [5, 5.41) is 3.29. The van der Waals surface area contributed by atoms with Crippen LogP contribution in [-0.4, -0.2) is 15.9 Å². The molecule has 0 aliphatic rings. The molecule has 3 rings (SSSR count). The van der Waals surface area contributed by atoms with Gasteiger partial charge >= 0.3 is 0 Å². The van der Waals surface area contributed by atoms with E-state index in [0.29, 0.717) is 22.3 Å². The van der Waals surface area contributed by atoms with Crippen molar-refractivity contribution in [2.24, 2.45) is 5.92 Å². The summed E-state index contributed by atoms with van der Waals surface area (Å²) in [6.45, 7) is 3.65. The number of ether oxygens (including phenoxy) is 1. The lowest BCUT2D eigenvalue weighted by Crippen LogP contribution is -2.17. The Morgan fingerprint density at radius 1 is 1.12 bits per heavy atom. The molecule has 0 unspecified atom stereocenters. The normalized spacial score (nSPS) is 10.8. The molecule has 5 nitrogen and oxygen atoms in total. The molecule has 1 amide bonds. The van der Waals surface area contributed by atoms with E-state index in [1.54, 1.807) is 30.3 Å². The lowest BCUT2D eigenvalue weighted by atomic mass is 10.2. The molecule has 1 heterocycles. The number of aromatic nitrogens is 2. The molecule has 2 aromatic carbocycles. The van der Waals surface area contributed by atoms with Crippen molar-refractivity contribution in [1.29, 1.82) is 0 Å². The number of fused-ring (bicyclic) bond motifs is 1. The van der Waals surface area contributed by atoms with Crippen LogP contribution in [0.15, 0.2) is 48.8 Å². The first kappa shape index (κ1) is 15.9. The Balaban J connectivity index is 1.82. The Kier molecular flexibility index (Phi) is 4.37. The van der Waals surface area contributed by atoms with E-state index in [2.05, 4.69) is 15.3 Å². The molecule has 6 heteroatoms. The molecular weight excluding hydrogens is 309 g/mol. The minimum Gasteiger partial charge on any atom is -0.438 e. The minimum absolute atomic E-state index is 0.0547. The third-order valence-corrected chi connectivity index (χ3v) is 3.42. The smallest absolute Gasteiger partial charge is 0.230 e. The Labute approximate surface area is 138 Å². The molecule has 1 aromatic heterocycles. The van der Waals surface area contributed by atoms with Crippen LogP contribution in [0, 0.1) is 11.7 Å². The van der Waals surface area contributed by atoms with Crippen LogP contribution in [0.3, 0.4) is 0 Å². The number of benzene rings is 2. The SMILES string of the molecule is CC(C)C(=O)Nc1ccc(Oc2ncnc3ccc(F)cc23)cc1. The molecule has 1 N–H and O–H groups in total. The number of nitrogens with zero attached hydrogens (tertiary/aromatic N) is 2. The van der Waals surface area contributed by atoms with Crippen molar-refractivity contribution in [3.63, 3.8) is 0 Å². The standard InChI is InChI=1S/C18H16FN3O2/c1-11(2)17(23)22-13-4-6-14(7-5-13)24-18-15-9-12(19)3-8-16(15)20-10-21-18/h3-11H,1-2H3,(H,22,23). The summed E-state index contributed by atoms with van der Waals surface area (Å²) in [5.74, 6) is 0.276. The number of hydrogen-bond donors (Lipinski definition) is 1. The first-order chi connectivity index (χ1) is 11.5. The molecule has 3 aromatic rings. The number of carbonyl (C=O) groups excluding carboxylic acids is 1.